The summed E-state index contributed by atoms with van der Waals surface area (Å²) in [6.45, 7) is 2.15. The second kappa shape index (κ2) is 7.65. The van der Waals surface area contributed by atoms with Crippen LogP contribution in [0.15, 0.2) is 40.1 Å². The van der Waals surface area contributed by atoms with Crippen molar-refractivity contribution in [2.45, 2.75) is 26.2 Å². The Balaban J connectivity index is 1.80. The lowest BCUT2D eigenvalue weighted by Gasteiger charge is -2.15. The molecule has 2 nitrogen and oxygen atoms in total. The SMILES string of the molecule is CC(CCC(=O)Nc1ccccc1)=C1SCCCS1. The molecule has 1 aromatic rings. The number of amides is 1. The lowest BCUT2D eigenvalue weighted by atomic mass is 10.2. The smallest absolute Gasteiger partial charge is 0.224 e. The van der Waals surface area contributed by atoms with Crippen LogP contribution in [0.3, 0.4) is 0 Å². The summed E-state index contributed by atoms with van der Waals surface area (Å²) in [6, 6.07) is 9.63. The molecule has 19 heavy (non-hydrogen) atoms. The molecule has 2 rings (SSSR count). The predicted molar refractivity (Wildman–Crippen MR) is 86.5 cm³/mol. The molecule has 1 aliphatic heterocycles. The second-order valence-electron chi connectivity index (χ2n) is 4.53. The summed E-state index contributed by atoms with van der Waals surface area (Å²) in [5.74, 6) is 2.53. The zero-order valence-electron chi connectivity index (χ0n) is 11.1. The van der Waals surface area contributed by atoms with E-state index in [9.17, 15) is 4.79 Å². The van der Waals surface area contributed by atoms with Gasteiger partial charge in [-0.05, 0) is 43.4 Å². The molecule has 0 bridgehead atoms. The van der Waals surface area contributed by atoms with Crippen molar-refractivity contribution in [1.82, 2.24) is 0 Å². The molecule has 0 atom stereocenters. The van der Waals surface area contributed by atoms with E-state index in [0.29, 0.717) is 6.42 Å². The number of thioether (sulfide) groups is 2. The van der Waals surface area contributed by atoms with Crippen LogP contribution >= 0.6 is 23.5 Å². The van der Waals surface area contributed by atoms with E-state index in [-0.39, 0.29) is 5.91 Å². The molecular weight excluding hydrogens is 274 g/mol. The van der Waals surface area contributed by atoms with E-state index >= 15 is 0 Å². The van der Waals surface area contributed by atoms with Crippen LogP contribution in [0.4, 0.5) is 5.69 Å². The minimum absolute atomic E-state index is 0.0944. The Hall–Kier alpha value is -0.870. The highest BCUT2D eigenvalue weighted by Crippen LogP contribution is 2.38. The molecule has 4 heteroatoms. The van der Waals surface area contributed by atoms with Gasteiger partial charge in [-0.2, -0.15) is 0 Å². The van der Waals surface area contributed by atoms with Gasteiger partial charge in [0.15, 0.2) is 0 Å². The van der Waals surface area contributed by atoms with Crippen molar-refractivity contribution in [2.75, 3.05) is 16.8 Å². The summed E-state index contributed by atoms with van der Waals surface area (Å²) in [4.78, 5) is 11.9. The fourth-order valence-corrected chi connectivity index (χ4v) is 4.49. The van der Waals surface area contributed by atoms with E-state index in [2.05, 4.69) is 12.2 Å². The zero-order chi connectivity index (χ0) is 13.5. The van der Waals surface area contributed by atoms with Gasteiger partial charge in [-0.25, -0.2) is 0 Å². The van der Waals surface area contributed by atoms with Crippen molar-refractivity contribution in [2.24, 2.45) is 0 Å². The third-order valence-electron chi connectivity index (χ3n) is 2.89. The molecule has 1 heterocycles. The van der Waals surface area contributed by atoms with Gasteiger partial charge in [0.05, 0.1) is 0 Å². The van der Waals surface area contributed by atoms with E-state index < -0.39 is 0 Å². The van der Waals surface area contributed by atoms with Gasteiger partial charge < -0.3 is 5.32 Å². The molecule has 0 spiro atoms. The van der Waals surface area contributed by atoms with Crippen molar-refractivity contribution in [1.29, 1.82) is 0 Å². The maximum absolute atomic E-state index is 11.9. The molecule has 0 unspecified atom stereocenters. The number of rotatable bonds is 4. The van der Waals surface area contributed by atoms with Crippen molar-refractivity contribution in [3.05, 3.63) is 40.1 Å². The van der Waals surface area contributed by atoms with Crippen LogP contribution in [0, 0.1) is 0 Å². The number of nitrogens with one attached hydrogen (secondary N) is 1. The van der Waals surface area contributed by atoms with Crippen molar-refractivity contribution in [3.8, 4) is 0 Å². The first kappa shape index (κ1) is 14.5. The predicted octanol–water partition coefficient (Wildman–Crippen LogP) is 4.51. The van der Waals surface area contributed by atoms with E-state index in [1.165, 1.54) is 27.7 Å². The van der Waals surface area contributed by atoms with Gasteiger partial charge >= 0.3 is 0 Å². The summed E-state index contributed by atoms with van der Waals surface area (Å²) in [5.41, 5.74) is 2.23. The highest BCUT2D eigenvalue weighted by atomic mass is 32.2. The monoisotopic (exact) mass is 293 g/mol. The summed E-state index contributed by atoms with van der Waals surface area (Å²) in [6.07, 6.45) is 2.71. The minimum atomic E-state index is 0.0944. The van der Waals surface area contributed by atoms with Crippen LogP contribution in [0.5, 0.6) is 0 Å². The highest BCUT2D eigenvalue weighted by Gasteiger charge is 2.11. The quantitative estimate of drug-likeness (QED) is 0.885. The molecule has 1 N–H and O–H groups in total. The first-order chi connectivity index (χ1) is 9.25. The van der Waals surface area contributed by atoms with Crippen LogP contribution in [-0.4, -0.2) is 17.4 Å². The molecule has 1 amide bonds. The van der Waals surface area contributed by atoms with E-state index in [1.54, 1.807) is 0 Å². The van der Waals surface area contributed by atoms with Gasteiger partial charge in [0, 0.05) is 16.3 Å². The normalized spacial score (nSPS) is 15.1. The summed E-state index contributed by atoms with van der Waals surface area (Å²) in [5, 5.41) is 2.93. The Bertz CT molecular complexity index is 448. The Labute approximate surface area is 123 Å². The summed E-state index contributed by atoms with van der Waals surface area (Å²) < 4.78 is 1.43. The molecule has 1 fully saturated rings. The maximum atomic E-state index is 11.9. The lowest BCUT2D eigenvalue weighted by Crippen LogP contribution is -2.11. The highest BCUT2D eigenvalue weighted by molar-refractivity contribution is 8.22. The fourth-order valence-electron chi connectivity index (χ4n) is 1.82. The van der Waals surface area contributed by atoms with Crippen LogP contribution in [0.1, 0.15) is 26.2 Å². The topological polar surface area (TPSA) is 29.1 Å². The Kier molecular flexibility index (Phi) is 5.86. The lowest BCUT2D eigenvalue weighted by molar-refractivity contribution is -0.116. The van der Waals surface area contributed by atoms with Gasteiger partial charge in [-0.3, -0.25) is 4.79 Å². The zero-order valence-corrected chi connectivity index (χ0v) is 12.8. The van der Waals surface area contributed by atoms with Gasteiger partial charge in [0.1, 0.15) is 0 Å². The van der Waals surface area contributed by atoms with Crippen LogP contribution < -0.4 is 5.32 Å². The minimum Gasteiger partial charge on any atom is -0.326 e. The maximum Gasteiger partial charge on any atom is 0.224 e. The molecule has 0 aliphatic carbocycles. The molecule has 0 aromatic heterocycles. The molecular formula is C15H19NOS2. The average molecular weight is 293 g/mol. The van der Waals surface area contributed by atoms with Crippen molar-refractivity contribution in [3.63, 3.8) is 0 Å². The molecule has 102 valence electrons. The number of para-hydroxylation sites is 1. The summed E-state index contributed by atoms with van der Waals surface area (Å²) >= 11 is 3.88. The number of benzene rings is 1. The van der Waals surface area contributed by atoms with Gasteiger partial charge in [-0.15, -0.1) is 23.5 Å². The first-order valence-electron chi connectivity index (χ1n) is 6.56. The molecule has 1 aliphatic rings. The van der Waals surface area contributed by atoms with E-state index in [1.807, 2.05) is 53.9 Å². The number of carbonyl (C=O) groups excluding carboxylic acids is 1. The van der Waals surface area contributed by atoms with Crippen molar-refractivity contribution >= 4 is 35.1 Å². The standard InChI is InChI=1S/C15H19NOS2/c1-12(15-18-10-5-11-19-15)8-9-14(17)16-13-6-3-2-4-7-13/h2-4,6-7H,5,8-11H2,1H3,(H,16,17). The Morgan fingerprint density at radius 2 is 1.84 bits per heavy atom. The number of hydrogen-bond donors (Lipinski definition) is 1. The molecule has 1 aromatic carbocycles. The van der Waals surface area contributed by atoms with Crippen LogP contribution in [0.25, 0.3) is 0 Å². The van der Waals surface area contributed by atoms with Gasteiger partial charge in [0.25, 0.3) is 0 Å². The first-order valence-corrected chi connectivity index (χ1v) is 8.53. The summed E-state index contributed by atoms with van der Waals surface area (Å²) in [7, 11) is 0. The third-order valence-corrected chi connectivity index (χ3v) is 5.80. The second-order valence-corrected chi connectivity index (χ2v) is 7.00. The number of anilines is 1. The molecule has 0 saturated carbocycles. The van der Waals surface area contributed by atoms with Crippen LogP contribution in [-0.2, 0) is 4.79 Å². The third kappa shape index (κ3) is 4.96. The molecule has 1 saturated heterocycles. The number of carbonyl (C=O) groups is 1. The van der Waals surface area contributed by atoms with Gasteiger partial charge in [-0.1, -0.05) is 23.8 Å². The Morgan fingerprint density at radius 3 is 2.53 bits per heavy atom. The average Bonchev–Trinajstić information content (AvgIpc) is 2.47. The number of allylic oxidation sites excluding steroid dienone is 1. The number of hydrogen-bond acceptors (Lipinski definition) is 3. The molecule has 0 radical (unpaired) electrons. The van der Waals surface area contributed by atoms with Crippen LogP contribution in [0.2, 0.25) is 0 Å². The Morgan fingerprint density at radius 1 is 1.16 bits per heavy atom. The van der Waals surface area contributed by atoms with Gasteiger partial charge in [0.2, 0.25) is 5.91 Å². The largest absolute Gasteiger partial charge is 0.326 e. The fraction of sp³-hybridized carbons (Fsp3) is 0.400. The van der Waals surface area contributed by atoms with Crippen molar-refractivity contribution < 1.29 is 4.79 Å². The van der Waals surface area contributed by atoms with E-state index in [4.69, 9.17) is 0 Å². The van der Waals surface area contributed by atoms with E-state index in [0.717, 1.165) is 12.1 Å².